The highest BCUT2D eigenvalue weighted by molar-refractivity contribution is 5.92. The van der Waals surface area contributed by atoms with E-state index >= 15 is 0 Å². The first-order valence-corrected chi connectivity index (χ1v) is 8.74. The van der Waals surface area contributed by atoms with Crippen LogP contribution >= 0.6 is 0 Å². The van der Waals surface area contributed by atoms with Crippen LogP contribution in [0, 0.1) is 0 Å². The van der Waals surface area contributed by atoms with Crippen LogP contribution in [0.1, 0.15) is 41.7 Å². The van der Waals surface area contributed by atoms with Crippen molar-refractivity contribution in [1.29, 1.82) is 0 Å². The van der Waals surface area contributed by atoms with Crippen molar-refractivity contribution in [1.82, 2.24) is 15.3 Å². The van der Waals surface area contributed by atoms with Crippen molar-refractivity contribution >= 4 is 11.7 Å². The molecule has 2 aromatic rings. The minimum Gasteiger partial charge on any atom is -0.497 e. The van der Waals surface area contributed by atoms with E-state index in [4.69, 9.17) is 4.74 Å². The van der Waals surface area contributed by atoms with Crippen LogP contribution in [0.25, 0.3) is 0 Å². The predicted octanol–water partition coefficient (Wildman–Crippen LogP) is 2.81. The van der Waals surface area contributed by atoms with Crippen molar-refractivity contribution in [3.05, 3.63) is 47.9 Å². The fourth-order valence-corrected chi connectivity index (χ4v) is 3.03. The Morgan fingerprint density at radius 1 is 1.24 bits per heavy atom. The Balaban J connectivity index is 1.47. The Labute approximate surface area is 148 Å². The van der Waals surface area contributed by atoms with Gasteiger partial charge in [-0.15, -0.1) is 0 Å². The van der Waals surface area contributed by atoms with Crippen LogP contribution in [-0.2, 0) is 6.42 Å². The zero-order chi connectivity index (χ0) is 17.5. The number of ether oxygens (including phenoxy) is 1. The molecular weight excluding hydrogens is 316 g/mol. The number of nitrogens with one attached hydrogen (secondary N) is 2. The molecule has 0 saturated heterocycles. The molecule has 1 amide bonds. The van der Waals surface area contributed by atoms with E-state index in [1.807, 2.05) is 18.2 Å². The maximum absolute atomic E-state index is 12.1. The summed E-state index contributed by atoms with van der Waals surface area (Å²) >= 11 is 0. The van der Waals surface area contributed by atoms with E-state index in [9.17, 15) is 4.79 Å². The summed E-state index contributed by atoms with van der Waals surface area (Å²) in [4.78, 5) is 20.6. The predicted molar refractivity (Wildman–Crippen MR) is 96.9 cm³/mol. The lowest BCUT2D eigenvalue weighted by atomic mass is 10.1. The largest absolute Gasteiger partial charge is 0.497 e. The molecule has 0 aliphatic heterocycles. The highest BCUT2D eigenvalue weighted by Crippen LogP contribution is 2.18. The van der Waals surface area contributed by atoms with Crippen LogP contribution in [0.4, 0.5) is 5.82 Å². The third-order valence-corrected chi connectivity index (χ3v) is 4.43. The fourth-order valence-electron chi connectivity index (χ4n) is 3.03. The van der Waals surface area contributed by atoms with Gasteiger partial charge in [-0.25, -0.2) is 9.97 Å². The molecular formula is C19H24N4O2. The number of hydrogen-bond donors (Lipinski definition) is 2. The molecule has 0 radical (unpaired) electrons. The van der Waals surface area contributed by atoms with Gasteiger partial charge in [-0.2, -0.15) is 0 Å². The Morgan fingerprint density at radius 2 is 2.08 bits per heavy atom. The molecule has 0 bridgehead atoms. The molecule has 1 aliphatic carbocycles. The van der Waals surface area contributed by atoms with E-state index in [0.717, 1.165) is 31.6 Å². The number of carbonyl (C=O) groups is 1. The number of aromatic nitrogens is 2. The standard InChI is InChI=1S/C19H24N4O2/c1-25-16-8-4-5-14(11-16)9-10-20-18-13-21-17(12-22-18)19(24)23-15-6-2-3-7-15/h4-5,8,11-13,15H,2-3,6-7,9-10H2,1H3,(H,20,22)(H,23,24). The second-order valence-electron chi connectivity index (χ2n) is 6.27. The van der Waals surface area contributed by atoms with Crippen molar-refractivity contribution < 1.29 is 9.53 Å². The summed E-state index contributed by atoms with van der Waals surface area (Å²) in [6, 6.07) is 8.27. The van der Waals surface area contributed by atoms with E-state index in [1.54, 1.807) is 13.3 Å². The summed E-state index contributed by atoms with van der Waals surface area (Å²) in [5.74, 6) is 1.39. The third-order valence-electron chi connectivity index (χ3n) is 4.43. The summed E-state index contributed by atoms with van der Waals surface area (Å²) in [6.45, 7) is 0.732. The molecule has 1 fully saturated rings. The number of hydrogen-bond acceptors (Lipinski definition) is 5. The molecule has 0 unspecified atom stereocenters. The van der Waals surface area contributed by atoms with E-state index < -0.39 is 0 Å². The molecule has 0 atom stereocenters. The number of carbonyl (C=O) groups excluding carboxylic acids is 1. The normalized spacial score (nSPS) is 14.3. The second kappa shape index (κ2) is 8.46. The van der Waals surface area contributed by atoms with E-state index in [2.05, 4.69) is 26.7 Å². The van der Waals surface area contributed by atoms with Gasteiger partial charge < -0.3 is 15.4 Å². The van der Waals surface area contributed by atoms with Crippen LogP contribution in [0.5, 0.6) is 5.75 Å². The monoisotopic (exact) mass is 340 g/mol. The Kier molecular flexibility index (Phi) is 5.82. The van der Waals surface area contributed by atoms with Crippen molar-refractivity contribution in [2.45, 2.75) is 38.1 Å². The number of amides is 1. The average molecular weight is 340 g/mol. The molecule has 132 valence electrons. The average Bonchev–Trinajstić information content (AvgIpc) is 3.15. The van der Waals surface area contributed by atoms with Gasteiger partial charge in [0.2, 0.25) is 0 Å². The van der Waals surface area contributed by atoms with Gasteiger partial charge in [0, 0.05) is 12.6 Å². The zero-order valence-electron chi connectivity index (χ0n) is 14.5. The minimum absolute atomic E-state index is 0.137. The second-order valence-corrected chi connectivity index (χ2v) is 6.27. The molecule has 6 nitrogen and oxygen atoms in total. The van der Waals surface area contributed by atoms with Gasteiger partial charge in [0.05, 0.1) is 19.5 Å². The Morgan fingerprint density at radius 3 is 2.80 bits per heavy atom. The van der Waals surface area contributed by atoms with Gasteiger partial charge >= 0.3 is 0 Å². The molecule has 6 heteroatoms. The summed E-state index contributed by atoms with van der Waals surface area (Å²) in [7, 11) is 1.66. The van der Waals surface area contributed by atoms with Gasteiger partial charge in [0.1, 0.15) is 17.3 Å². The van der Waals surface area contributed by atoms with Crippen LogP contribution in [0.15, 0.2) is 36.7 Å². The van der Waals surface area contributed by atoms with Crippen molar-refractivity contribution in [3.8, 4) is 5.75 Å². The number of nitrogens with zero attached hydrogens (tertiary/aromatic N) is 2. The Bertz CT molecular complexity index is 697. The molecule has 2 N–H and O–H groups in total. The molecule has 1 aromatic carbocycles. The lowest BCUT2D eigenvalue weighted by Crippen LogP contribution is -2.33. The molecule has 1 aliphatic rings. The molecule has 1 heterocycles. The molecule has 1 saturated carbocycles. The van der Waals surface area contributed by atoms with Gasteiger partial charge in [0.25, 0.3) is 5.91 Å². The smallest absolute Gasteiger partial charge is 0.271 e. The van der Waals surface area contributed by atoms with E-state index in [0.29, 0.717) is 11.5 Å². The topological polar surface area (TPSA) is 76.1 Å². The van der Waals surface area contributed by atoms with E-state index in [1.165, 1.54) is 24.6 Å². The van der Waals surface area contributed by atoms with Crippen LogP contribution in [-0.4, -0.2) is 35.6 Å². The summed E-state index contributed by atoms with van der Waals surface area (Å²) in [5.41, 5.74) is 1.55. The molecule has 1 aromatic heterocycles. The fraction of sp³-hybridized carbons (Fsp3) is 0.421. The highest BCUT2D eigenvalue weighted by atomic mass is 16.5. The number of methoxy groups -OCH3 is 1. The van der Waals surface area contributed by atoms with Crippen molar-refractivity contribution in [3.63, 3.8) is 0 Å². The number of rotatable bonds is 7. The van der Waals surface area contributed by atoms with E-state index in [-0.39, 0.29) is 11.9 Å². The molecule has 0 spiro atoms. The first kappa shape index (κ1) is 17.2. The summed E-state index contributed by atoms with van der Waals surface area (Å²) < 4.78 is 5.22. The van der Waals surface area contributed by atoms with Gasteiger partial charge in [-0.05, 0) is 37.0 Å². The maximum Gasteiger partial charge on any atom is 0.271 e. The quantitative estimate of drug-likeness (QED) is 0.810. The maximum atomic E-state index is 12.1. The summed E-state index contributed by atoms with van der Waals surface area (Å²) in [5, 5.41) is 6.24. The number of anilines is 1. The molecule has 3 rings (SSSR count). The van der Waals surface area contributed by atoms with Crippen molar-refractivity contribution in [2.24, 2.45) is 0 Å². The van der Waals surface area contributed by atoms with Crippen LogP contribution < -0.4 is 15.4 Å². The lowest BCUT2D eigenvalue weighted by Gasteiger charge is -2.11. The van der Waals surface area contributed by atoms with Crippen LogP contribution in [0.3, 0.4) is 0 Å². The van der Waals surface area contributed by atoms with Gasteiger partial charge in [-0.3, -0.25) is 4.79 Å². The number of benzene rings is 1. The van der Waals surface area contributed by atoms with Crippen molar-refractivity contribution in [2.75, 3.05) is 19.0 Å². The van der Waals surface area contributed by atoms with Gasteiger partial charge in [-0.1, -0.05) is 25.0 Å². The Hall–Kier alpha value is -2.63. The third kappa shape index (κ3) is 4.92. The molecule has 25 heavy (non-hydrogen) atoms. The van der Waals surface area contributed by atoms with Crippen LogP contribution in [0.2, 0.25) is 0 Å². The first-order valence-electron chi connectivity index (χ1n) is 8.74. The summed E-state index contributed by atoms with van der Waals surface area (Å²) in [6.07, 6.45) is 8.47. The highest BCUT2D eigenvalue weighted by Gasteiger charge is 2.18. The van der Waals surface area contributed by atoms with Gasteiger partial charge in [0.15, 0.2) is 0 Å². The zero-order valence-corrected chi connectivity index (χ0v) is 14.5. The first-order chi connectivity index (χ1) is 12.2. The minimum atomic E-state index is -0.137. The lowest BCUT2D eigenvalue weighted by molar-refractivity contribution is 0.0932. The SMILES string of the molecule is COc1cccc(CCNc2cnc(C(=O)NC3CCCC3)cn2)c1.